The van der Waals surface area contributed by atoms with Gasteiger partial charge in [0.2, 0.25) is 0 Å². The summed E-state index contributed by atoms with van der Waals surface area (Å²) in [5.74, 6) is -0.677. The maximum atomic E-state index is 14.9. The zero-order chi connectivity index (χ0) is 24.6. The molecule has 0 spiro atoms. The lowest BCUT2D eigenvalue weighted by atomic mass is 9.76. The van der Waals surface area contributed by atoms with E-state index in [1.165, 1.54) is 11.6 Å². The van der Waals surface area contributed by atoms with Gasteiger partial charge in [-0.3, -0.25) is 4.79 Å². The number of carbonyl (C=O) groups excluding carboxylic acids is 1. The summed E-state index contributed by atoms with van der Waals surface area (Å²) in [7, 11) is 0. The first-order valence-corrected chi connectivity index (χ1v) is 12.6. The van der Waals surface area contributed by atoms with Crippen molar-refractivity contribution in [2.45, 2.75) is 84.0 Å². The third kappa shape index (κ3) is 2.94. The average Bonchev–Trinajstić information content (AvgIpc) is 3.22. The highest BCUT2D eigenvalue weighted by Crippen LogP contribution is 2.47. The van der Waals surface area contributed by atoms with Crippen molar-refractivity contribution in [1.82, 2.24) is 9.55 Å². The van der Waals surface area contributed by atoms with Crippen molar-refractivity contribution >= 4 is 16.9 Å². The Bertz CT molecular complexity index is 1490. The number of rotatable bonds is 4. The molecule has 0 saturated carbocycles. The minimum absolute atomic E-state index is 0.0952. The van der Waals surface area contributed by atoms with E-state index in [0.29, 0.717) is 46.1 Å². The molecule has 6 nitrogen and oxygen atoms in total. The summed E-state index contributed by atoms with van der Waals surface area (Å²) in [6.07, 6.45) is 5.10. The number of cyclic esters (lactones) is 1. The number of ether oxygens (including phenoxy) is 1. The number of aliphatic hydroxyl groups is 1. The number of esters is 1. The molecule has 1 aliphatic carbocycles. The molecule has 3 aromatic rings. The average molecular weight is 477 g/mol. The molecule has 0 unspecified atom stereocenters. The highest BCUT2D eigenvalue weighted by Gasteiger charge is 2.45. The van der Waals surface area contributed by atoms with Gasteiger partial charge in [-0.2, -0.15) is 0 Å². The van der Waals surface area contributed by atoms with Crippen LogP contribution in [-0.2, 0) is 34.7 Å². The number of benzene rings is 1. The molecular weight excluding hydrogens is 447 g/mol. The van der Waals surface area contributed by atoms with Crippen molar-refractivity contribution in [3.05, 3.63) is 61.7 Å². The van der Waals surface area contributed by atoms with Crippen LogP contribution in [0.2, 0.25) is 0 Å². The number of halogens is 1. The van der Waals surface area contributed by atoms with Crippen LogP contribution in [0.15, 0.2) is 16.9 Å². The fraction of sp³-hybridized carbons (Fsp3) is 0.464. The fourth-order valence-corrected chi connectivity index (χ4v) is 6.39. The Hall–Kier alpha value is -3.06. The number of unbranched alkanes of at least 4 members (excludes halogenated alkanes) is 1. The van der Waals surface area contributed by atoms with Crippen LogP contribution < -0.4 is 5.56 Å². The molecule has 7 heteroatoms. The van der Waals surface area contributed by atoms with E-state index in [2.05, 4.69) is 6.92 Å². The van der Waals surface area contributed by atoms with Crippen LogP contribution in [0.4, 0.5) is 4.39 Å². The van der Waals surface area contributed by atoms with E-state index in [0.717, 1.165) is 48.6 Å². The first-order chi connectivity index (χ1) is 16.8. The molecule has 2 atom stereocenters. The highest BCUT2D eigenvalue weighted by molar-refractivity contribution is 5.93. The van der Waals surface area contributed by atoms with Crippen LogP contribution in [0.1, 0.15) is 85.3 Å². The van der Waals surface area contributed by atoms with Gasteiger partial charge in [-0.05, 0) is 61.3 Å². The van der Waals surface area contributed by atoms with Gasteiger partial charge in [0, 0.05) is 22.6 Å². The van der Waals surface area contributed by atoms with Gasteiger partial charge in [-0.25, -0.2) is 14.2 Å². The van der Waals surface area contributed by atoms with E-state index in [-0.39, 0.29) is 24.4 Å². The molecule has 0 saturated heterocycles. The number of aromatic nitrogens is 2. The lowest BCUT2D eigenvalue weighted by Crippen LogP contribution is -2.44. The van der Waals surface area contributed by atoms with Gasteiger partial charge in [-0.15, -0.1) is 0 Å². The minimum Gasteiger partial charge on any atom is -0.458 e. The molecule has 0 radical (unpaired) electrons. The molecule has 0 bridgehead atoms. The molecule has 3 aliphatic rings. The molecular formula is C28H29FN2O4. The number of aryl methyl sites for hydroxylation is 1. The molecule has 1 N–H and O–H groups in total. The van der Waals surface area contributed by atoms with E-state index in [1.54, 1.807) is 17.6 Å². The molecule has 0 amide bonds. The summed E-state index contributed by atoms with van der Waals surface area (Å²) in [6, 6.07) is 3.24. The van der Waals surface area contributed by atoms with E-state index >= 15 is 0 Å². The quantitative estimate of drug-likeness (QED) is 0.430. The van der Waals surface area contributed by atoms with Crippen LogP contribution in [-0.4, -0.2) is 20.6 Å². The summed E-state index contributed by atoms with van der Waals surface area (Å²) in [6.45, 7) is 5.94. The first kappa shape index (κ1) is 22.4. The minimum atomic E-state index is -1.86. The normalized spacial score (nSPS) is 22.1. The van der Waals surface area contributed by atoms with Gasteiger partial charge in [0.05, 0.1) is 29.0 Å². The third-order valence-electron chi connectivity index (χ3n) is 8.40. The Labute approximate surface area is 202 Å². The van der Waals surface area contributed by atoms with Crippen LogP contribution in [0.25, 0.3) is 22.3 Å². The van der Waals surface area contributed by atoms with Crippen molar-refractivity contribution in [2.75, 3.05) is 0 Å². The predicted octanol–water partition coefficient (Wildman–Crippen LogP) is 4.75. The molecule has 182 valence electrons. The van der Waals surface area contributed by atoms with E-state index in [9.17, 15) is 19.1 Å². The fourth-order valence-electron chi connectivity index (χ4n) is 6.39. The smallest absolute Gasteiger partial charge is 0.343 e. The maximum Gasteiger partial charge on any atom is 0.343 e. The number of carbonyl (C=O) groups is 1. The monoisotopic (exact) mass is 476 g/mol. The van der Waals surface area contributed by atoms with Gasteiger partial charge in [0.25, 0.3) is 5.56 Å². The number of fused-ring (bicyclic) bond motifs is 5. The van der Waals surface area contributed by atoms with Gasteiger partial charge in [0.1, 0.15) is 12.4 Å². The van der Waals surface area contributed by atoms with Crippen LogP contribution in [0, 0.1) is 12.7 Å². The van der Waals surface area contributed by atoms with Crippen molar-refractivity contribution in [3.63, 3.8) is 0 Å². The van der Waals surface area contributed by atoms with Crippen molar-refractivity contribution in [2.24, 2.45) is 0 Å². The molecule has 4 heterocycles. The van der Waals surface area contributed by atoms with E-state index in [4.69, 9.17) is 9.72 Å². The Balaban J connectivity index is 1.66. The number of hydrogen-bond acceptors (Lipinski definition) is 5. The van der Waals surface area contributed by atoms with E-state index in [1.807, 2.05) is 6.92 Å². The van der Waals surface area contributed by atoms with Crippen molar-refractivity contribution in [1.29, 1.82) is 0 Å². The molecule has 2 aliphatic heterocycles. The van der Waals surface area contributed by atoms with Crippen LogP contribution in [0.3, 0.4) is 0 Å². The second kappa shape index (κ2) is 7.72. The Kier molecular flexibility index (Phi) is 4.94. The van der Waals surface area contributed by atoms with Gasteiger partial charge in [-0.1, -0.05) is 26.7 Å². The summed E-state index contributed by atoms with van der Waals surface area (Å²) in [5.41, 5.74) is 4.24. The van der Waals surface area contributed by atoms with Gasteiger partial charge in [0.15, 0.2) is 5.60 Å². The zero-order valence-electron chi connectivity index (χ0n) is 20.3. The molecule has 6 rings (SSSR count). The standard InChI is InChI=1S/C28H29FN2O4/c1-4-6-7-15-8-9-16-14(3)20(29)11-21-24(16)23(15)17-12-31-22(25(17)30-21)10-19-18(26(31)32)13-35-27(33)28(19,34)5-2/h10-11,15,34H,4-9,12-13H2,1-3H3/t15-,28-/m0/s1. The summed E-state index contributed by atoms with van der Waals surface area (Å²) in [4.78, 5) is 31.0. The van der Waals surface area contributed by atoms with Gasteiger partial charge < -0.3 is 14.4 Å². The summed E-state index contributed by atoms with van der Waals surface area (Å²) in [5, 5.41) is 12.2. The zero-order valence-corrected chi connectivity index (χ0v) is 20.3. The Morgan fingerprint density at radius 1 is 1.23 bits per heavy atom. The van der Waals surface area contributed by atoms with E-state index < -0.39 is 11.6 Å². The summed E-state index contributed by atoms with van der Waals surface area (Å²) >= 11 is 0. The number of hydrogen-bond donors (Lipinski definition) is 1. The largest absolute Gasteiger partial charge is 0.458 e. The lowest BCUT2D eigenvalue weighted by Gasteiger charge is -2.31. The lowest BCUT2D eigenvalue weighted by molar-refractivity contribution is -0.172. The summed E-state index contributed by atoms with van der Waals surface area (Å²) < 4.78 is 21.8. The molecule has 0 fully saturated rings. The second-order valence-electron chi connectivity index (χ2n) is 10.2. The third-order valence-corrected chi connectivity index (χ3v) is 8.40. The maximum absolute atomic E-state index is 14.9. The SMILES string of the molecule is CCCC[C@H]1CCc2c(C)c(F)cc3nc4c(c1c23)Cn1c-4cc2c(c1=O)COC(=O)[C@]2(O)CC. The van der Waals surface area contributed by atoms with Crippen molar-refractivity contribution < 1.29 is 19.0 Å². The Morgan fingerprint density at radius 3 is 2.77 bits per heavy atom. The first-order valence-electron chi connectivity index (χ1n) is 12.6. The number of pyridine rings is 2. The second-order valence-corrected chi connectivity index (χ2v) is 10.2. The van der Waals surface area contributed by atoms with Crippen LogP contribution in [0.5, 0.6) is 0 Å². The molecule has 35 heavy (non-hydrogen) atoms. The highest BCUT2D eigenvalue weighted by atomic mass is 19.1. The molecule has 2 aromatic heterocycles. The van der Waals surface area contributed by atoms with Crippen molar-refractivity contribution in [3.8, 4) is 11.4 Å². The molecule has 1 aromatic carbocycles. The Morgan fingerprint density at radius 2 is 2.03 bits per heavy atom. The number of nitrogens with zero attached hydrogens (tertiary/aromatic N) is 2. The predicted molar refractivity (Wildman–Crippen MR) is 130 cm³/mol. The van der Waals surface area contributed by atoms with Crippen LogP contribution >= 0.6 is 0 Å². The topological polar surface area (TPSA) is 81.4 Å². The van der Waals surface area contributed by atoms with Gasteiger partial charge >= 0.3 is 5.97 Å².